The molecule has 3 rings (SSSR count). The standard InChI is InChI=1S/C17H24N6O/c1-12(2)23-16(24)6-5-15(20-23)21-7-9-22(10-8-21)17-13(3)14(4)18-11-19-17/h5-6,11-12H,7-10H2,1-4H3. The first-order valence-corrected chi connectivity index (χ1v) is 8.35. The lowest BCUT2D eigenvalue weighted by atomic mass is 10.2. The summed E-state index contributed by atoms with van der Waals surface area (Å²) in [6.07, 6.45) is 1.63. The van der Waals surface area contributed by atoms with E-state index in [0.717, 1.165) is 49.1 Å². The smallest absolute Gasteiger partial charge is 0.267 e. The molecular weight excluding hydrogens is 304 g/mol. The normalized spacial score (nSPS) is 15.2. The molecule has 7 heteroatoms. The molecule has 0 aliphatic carbocycles. The summed E-state index contributed by atoms with van der Waals surface area (Å²) in [6.45, 7) is 11.5. The second-order valence-corrected chi connectivity index (χ2v) is 6.45. The van der Waals surface area contributed by atoms with Gasteiger partial charge in [-0.1, -0.05) is 0 Å². The Morgan fingerprint density at radius 3 is 2.33 bits per heavy atom. The predicted molar refractivity (Wildman–Crippen MR) is 94.8 cm³/mol. The number of aryl methyl sites for hydroxylation is 1. The molecule has 2 aromatic heterocycles. The number of hydrogen-bond donors (Lipinski definition) is 0. The first-order chi connectivity index (χ1) is 11.5. The molecule has 1 aliphatic rings. The molecule has 0 bridgehead atoms. The summed E-state index contributed by atoms with van der Waals surface area (Å²) >= 11 is 0. The van der Waals surface area contributed by atoms with Gasteiger partial charge in [0.05, 0.1) is 6.04 Å². The van der Waals surface area contributed by atoms with Crippen molar-refractivity contribution in [3.63, 3.8) is 0 Å². The molecule has 7 nitrogen and oxygen atoms in total. The van der Waals surface area contributed by atoms with Crippen LogP contribution in [0.2, 0.25) is 0 Å². The van der Waals surface area contributed by atoms with Crippen molar-refractivity contribution in [1.82, 2.24) is 19.7 Å². The van der Waals surface area contributed by atoms with Crippen LogP contribution in [0, 0.1) is 13.8 Å². The van der Waals surface area contributed by atoms with Crippen molar-refractivity contribution in [3.8, 4) is 0 Å². The van der Waals surface area contributed by atoms with Gasteiger partial charge in [0, 0.05) is 43.5 Å². The van der Waals surface area contributed by atoms with E-state index in [1.54, 1.807) is 17.1 Å². The summed E-state index contributed by atoms with van der Waals surface area (Å²) in [5, 5.41) is 4.51. The van der Waals surface area contributed by atoms with Crippen molar-refractivity contribution >= 4 is 11.6 Å². The average molecular weight is 328 g/mol. The maximum absolute atomic E-state index is 11.9. The molecule has 0 amide bonds. The summed E-state index contributed by atoms with van der Waals surface area (Å²) in [6, 6.07) is 3.48. The first-order valence-electron chi connectivity index (χ1n) is 8.35. The van der Waals surface area contributed by atoms with Crippen LogP contribution < -0.4 is 15.4 Å². The fraction of sp³-hybridized carbons (Fsp3) is 0.529. The zero-order valence-corrected chi connectivity index (χ0v) is 14.7. The second kappa shape index (κ2) is 6.59. The average Bonchev–Trinajstić information content (AvgIpc) is 2.58. The van der Waals surface area contributed by atoms with E-state index in [9.17, 15) is 4.79 Å². The fourth-order valence-corrected chi connectivity index (χ4v) is 2.95. The lowest BCUT2D eigenvalue weighted by Gasteiger charge is -2.36. The molecule has 1 fully saturated rings. The quantitative estimate of drug-likeness (QED) is 0.852. The van der Waals surface area contributed by atoms with Crippen LogP contribution in [-0.4, -0.2) is 45.9 Å². The van der Waals surface area contributed by atoms with Crippen LogP contribution in [0.3, 0.4) is 0 Å². The Morgan fingerprint density at radius 1 is 1.00 bits per heavy atom. The van der Waals surface area contributed by atoms with Gasteiger partial charge >= 0.3 is 0 Å². The maximum Gasteiger partial charge on any atom is 0.267 e. The molecule has 2 aromatic rings. The molecule has 1 saturated heterocycles. The van der Waals surface area contributed by atoms with Crippen LogP contribution in [0.1, 0.15) is 31.1 Å². The molecule has 3 heterocycles. The van der Waals surface area contributed by atoms with Crippen molar-refractivity contribution in [2.24, 2.45) is 0 Å². The zero-order chi connectivity index (χ0) is 17.3. The number of hydrogen-bond acceptors (Lipinski definition) is 6. The van der Waals surface area contributed by atoms with Crippen molar-refractivity contribution < 1.29 is 0 Å². The van der Waals surface area contributed by atoms with Crippen molar-refractivity contribution in [3.05, 3.63) is 40.1 Å². The van der Waals surface area contributed by atoms with Crippen molar-refractivity contribution in [2.45, 2.75) is 33.7 Å². The van der Waals surface area contributed by atoms with Gasteiger partial charge in [-0.2, -0.15) is 5.10 Å². The summed E-state index contributed by atoms with van der Waals surface area (Å²) in [5.41, 5.74) is 2.10. The minimum Gasteiger partial charge on any atom is -0.353 e. The number of aromatic nitrogens is 4. The van der Waals surface area contributed by atoms with Gasteiger partial charge in [-0.15, -0.1) is 0 Å². The lowest BCUT2D eigenvalue weighted by molar-refractivity contribution is 0.497. The monoisotopic (exact) mass is 328 g/mol. The van der Waals surface area contributed by atoms with Crippen LogP contribution in [0.15, 0.2) is 23.3 Å². The lowest BCUT2D eigenvalue weighted by Crippen LogP contribution is -2.47. The predicted octanol–water partition coefficient (Wildman–Crippen LogP) is 1.56. The van der Waals surface area contributed by atoms with Crippen LogP contribution in [0.5, 0.6) is 0 Å². The van der Waals surface area contributed by atoms with Crippen molar-refractivity contribution in [2.75, 3.05) is 36.0 Å². The molecule has 1 aliphatic heterocycles. The molecule has 0 saturated carbocycles. The van der Waals surface area contributed by atoms with Gasteiger partial charge in [0.15, 0.2) is 0 Å². The molecule has 0 aromatic carbocycles. The van der Waals surface area contributed by atoms with Crippen LogP contribution in [-0.2, 0) is 0 Å². The van der Waals surface area contributed by atoms with E-state index in [4.69, 9.17) is 0 Å². The molecular formula is C17H24N6O. The molecule has 0 unspecified atom stereocenters. The summed E-state index contributed by atoms with van der Waals surface area (Å²) < 4.78 is 1.54. The highest BCUT2D eigenvalue weighted by Crippen LogP contribution is 2.21. The van der Waals surface area contributed by atoms with E-state index in [0.29, 0.717) is 0 Å². The van der Waals surface area contributed by atoms with Gasteiger partial charge in [-0.05, 0) is 33.8 Å². The van der Waals surface area contributed by atoms with Crippen LogP contribution in [0.25, 0.3) is 0 Å². The Morgan fingerprint density at radius 2 is 1.67 bits per heavy atom. The van der Waals surface area contributed by atoms with E-state index in [2.05, 4.69) is 31.8 Å². The van der Waals surface area contributed by atoms with Crippen LogP contribution in [0.4, 0.5) is 11.6 Å². The van der Waals surface area contributed by atoms with E-state index in [1.807, 2.05) is 26.8 Å². The van der Waals surface area contributed by atoms with Gasteiger partial charge in [0.2, 0.25) is 0 Å². The van der Waals surface area contributed by atoms with Crippen LogP contribution >= 0.6 is 0 Å². The number of nitrogens with zero attached hydrogens (tertiary/aromatic N) is 6. The fourth-order valence-electron chi connectivity index (χ4n) is 2.95. The SMILES string of the molecule is Cc1ncnc(N2CCN(c3ccc(=O)n(C(C)C)n3)CC2)c1C. The Balaban J connectivity index is 1.75. The van der Waals surface area contributed by atoms with Gasteiger partial charge in [0.25, 0.3) is 5.56 Å². The summed E-state index contributed by atoms with van der Waals surface area (Å²) in [5.74, 6) is 1.88. The molecule has 0 radical (unpaired) electrons. The Bertz CT molecular complexity index is 777. The first kappa shape index (κ1) is 16.4. The minimum absolute atomic E-state index is 0.0560. The Hall–Kier alpha value is -2.44. The highest BCUT2D eigenvalue weighted by molar-refractivity contribution is 5.49. The molecule has 0 N–H and O–H groups in total. The second-order valence-electron chi connectivity index (χ2n) is 6.45. The molecule has 24 heavy (non-hydrogen) atoms. The van der Waals surface area contributed by atoms with E-state index in [-0.39, 0.29) is 11.6 Å². The molecule has 128 valence electrons. The third kappa shape index (κ3) is 3.11. The number of anilines is 2. The van der Waals surface area contributed by atoms with Gasteiger partial charge < -0.3 is 9.80 Å². The van der Waals surface area contributed by atoms with E-state index in [1.165, 1.54) is 0 Å². The van der Waals surface area contributed by atoms with E-state index < -0.39 is 0 Å². The Labute approximate surface area is 142 Å². The topological polar surface area (TPSA) is 67.2 Å². The third-order valence-electron chi connectivity index (χ3n) is 4.51. The Kier molecular flexibility index (Phi) is 4.51. The van der Waals surface area contributed by atoms with Gasteiger partial charge in [0.1, 0.15) is 18.0 Å². The summed E-state index contributed by atoms with van der Waals surface area (Å²) in [7, 11) is 0. The van der Waals surface area contributed by atoms with Gasteiger partial charge in [-0.3, -0.25) is 4.79 Å². The number of rotatable bonds is 3. The summed E-state index contributed by atoms with van der Waals surface area (Å²) in [4.78, 5) is 25.1. The minimum atomic E-state index is -0.0560. The highest BCUT2D eigenvalue weighted by Gasteiger charge is 2.21. The van der Waals surface area contributed by atoms with Crippen molar-refractivity contribution in [1.29, 1.82) is 0 Å². The van der Waals surface area contributed by atoms with E-state index >= 15 is 0 Å². The molecule has 0 atom stereocenters. The van der Waals surface area contributed by atoms with Gasteiger partial charge in [-0.25, -0.2) is 14.6 Å². The zero-order valence-electron chi connectivity index (χ0n) is 14.7. The number of piperazine rings is 1. The maximum atomic E-state index is 11.9. The third-order valence-corrected chi connectivity index (χ3v) is 4.51. The molecule has 0 spiro atoms. The largest absolute Gasteiger partial charge is 0.353 e. The highest BCUT2D eigenvalue weighted by atomic mass is 16.1.